The minimum Gasteiger partial charge on any atom is -0.251 e. The predicted molar refractivity (Wildman–Crippen MR) is 54.4 cm³/mol. The lowest BCUT2D eigenvalue weighted by Gasteiger charge is -2.08. The first-order valence-electron chi connectivity index (χ1n) is 4.22. The third-order valence-corrected chi connectivity index (χ3v) is 3.34. The summed E-state index contributed by atoms with van der Waals surface area (Å²) in [6.07, 6.45) is 3.12. The molecule has 1 aromatic rings. The Hall–Kier alpha value is -1.17. The second-order valence-electron chi connectivity index (χ2n) is 3.28. The summed E-state index contributed by atoms with van der Waals surface area (Å²) >= 11 is 0. The Morgan fingerprint density at radius 2 is 1.79 bits per heavy atom. The maximum Gasteiger partial charge on any atom is 0.237 e. The van der Waals surface area contributed by atoms with Gasteiger partial charge in [0.25, 0.3) is 0 Å². The molecule has 14 heavy (non-hydrogen) atoms. The number of hydrogen-bond acceptors (Lipinski definition) is 4. The van der Waals surface area contributed by atoms with Gasteiger partial charge in [-0.05, 0) is 26.3 Å². The van der Waals surface area contributed by atoms with Gasteiger partial charge in [-0.15, -0.1) is 0 Å². The molecule has 0 fully saturated rings. The SMILES string of the molecule is Cc1cnc(NS(=O)(=O)C(C)C)nc1. The minimum atomic E-state index is -3.34. The van der Waals surface area contributed by atoms with E-state index in [2.05, 4.69) is 14.7 Å². The smallest absolute Gasteiger partial charge is 0.237 e. The number of hydrogen-bond donors (Lipinski definition) is 1. The second kappa shape index (κ2) is 3.91. The Labute approximate surface area is 83.6 Å². The summed E-state index contributed by atoms with van der Waals surface area (Å²) in [7, 11) is -3.34. The highest BCUT2D eigenvalue weighted by molar-refractivity contribution is 7.93. The molecule has 5 nitrogen and oxygen atoms in total. The molecule has 0 aliphatic heterocycles. The number of nitrogens with zero attached hydrogens (tertiary/aromatic N) is 2. The molecule has 0 aromatic carbocycles. The van der Waals surface area contributed by atoms with Gasteiger partial charge in [0.1, 0.15) is 0 Å². The fourth-order valence-corrected chi connectivity index (χ4v) is 1.29. The summed E-state index contributed by atoms with van der Waals surface area (Å²) in [5, 5.41) is -0.493. The average molecular weight is 215 g/mol. The van der Waals surface area contributed by atoms with E-state index in [1.54, 1.807) is 26.2 Å². The van der Waals surface area contributed by atoms with E-state index in [1.807, 2.05) is 6.92 Å². The van der Waals surface area contributed by atoms with Gasteiger partial charge in [-0.3, -0.25) is 4.72 Å². The molecule has 0 unspecified atom stereocenters. The van der Waals surface area contributed by atoms with Gasteiger partial charge in [-0.25, -0.2) is 18.4 Å². The number of aryl methyl sites for hydroxylation is 1. The number of sulfonamides is 1. The topological polar surface area (TPSA) is 72.0 Å². The average Bonchev–Trinajstić information content (AvgIpc) is 2.08. The molecule has 0 aliphatic rings. The lowest BCUT2D eigenvalue weighted by molar-refractivity contribution is 0.592. The van der Waals surface area contributed by atoms with E-state index in [4.69, 9.17) is 0 Å². The first-order chi connectivity index (χ1) is 6.42. The molecule has 0 saturated heterocycles. The number of aromatic nitrogens is 2. The van der Waals surface area contributed by atoms with Crippen LogP contribution in [-0.2, 0) is 10.0 Å². The van der Waals surface area contributed by atoms with Crippen LogP contribution in [0.1, 0.15) is 19.4 Å². The largest absolute Gasteiger partial charge is 0.251 e. The van der Waals surface area contributed by atoms with Crippen molar-refractivity contribution >= 4 is 16.0 Å². The van der Waals surface area contributed by atoms with Crippen molar-refractivity contribution in [2.75, 3.05) is 4.72 Å². The molecule has 0 spiro atoms. The Bertz CT molecular complexity index is 397. The number of rotatable bonds is 3. The van der Waals surface area contributed by atoms with Gasteiger partial charge in [0.15, 0.2) is 0 Å². The Balaban J connectivity index is 2.85. The quantitative estimate of drug-likeness (QED) is 0.814. The van der Waals surface area contributed by atoms with Gasteiger partial charge in [0.2, 0.25) is 16.0 Å². The molecule has 78 valence electrons. The van der Waals surface area contributed by atoms with Gasteiger partial charge in [-0.2, -0.15) is 0 Å². The summed E-state index contributed by atoms with van der Waals surface area (Å²) in [5.74, 6) is 0.115. The van der Waals surface area contributed by atoms with Crippen LogP contribution in [0.5, 0.6) is 0 Å². The van der Waals surface area contributed by atoms with E-state index >= 15 is 0 Å². The Morgan fingerprint density at radius 3 is 2.21 bits per heavy atom. The van der Waals surface area contributed by atoms with E-state index in [1.165, 1.54) is 0 Å². The monoisotopic (exact) mass is 215 g/mol. The van der Waals surface area contributed by atoms with Crippen LogP contribution in [0, 0.1) is 6.92 Å². The van der Waals surface area contributed by atoms with Crippen LogP contribution in [-0.4, -0.2) is 23.6 Å². The highest BCUT2D eigenvalue weighted by Crippen LogP contribution is 2.05. The molecular formula is C8H13N3O2S. The van der Waals surface area contributed by atoms with Gasteiger partial charge >= 0.3 is 0 Å². The van der Waals surface area contributed by atoms with Crippen molar-refractivity contribution in [3.63, 3.8) is 0 Å². The zero-order valence-corrected chi connectivity index (χ0v) is 9.17. The molecule has 0 amide bonds. The van der Waals surface area contributed by atoms with Gasteiger partial charge in [0.05, 0.1) is 5.25 Å². The third-order valence-electron chi connectivity index (χ3n) is 1.64. The molecular weight excluding hydrogens is 202 g/mol. The van der Waals surface area contributed by atoms with Gasteiger partial charge in [-0.1, -0.05) is 0 Å². The van der Waals surface area contributed by atoms with Gasteiger partial charge in [0, 0.05) is 12.4 Å². The van der Waals surface area contributed by atoms with Crippen LogP contribution in [0.15, 0.2) is 12.4 Å². The van der Waals surface area contributed by atoms with Crippen molar-refractivity contribution in [1.29, 1.82) is 0 Å². The highest BCUT2D eigenvalue weighted by atomic mass is 32.2. The third kappa shape index (κ3) is 2.66. The van der Waals surface area contributed by atoms with E-state index < -0.39 is 15.3 Å². The number of anilines is 1. The van der Waals surface area contributed by atoms with Crippen molar-refractivity contribution in [1.82, 2.24) is 9.97 Å². The zero-order valence-electron chi connectivity index (χ0n) is 8.35. The molecule has 6 heteroatoms. The minimum absolute atomic E-state index is 0.115. The first kappa shape index (κ1) is 10.9. The Kier molecular flexibility index (Phi) is 3.05. The van der Waals surface area contributed by atoms with E-state index in [-0.39, 0.29) is 5.95 Å². The first-order valence-corrected chi connectivity index (χ1v) is 5.77. The predicted octanol–water partition coefficient (Wildman–Crippen LogP) is 0.935. The molecule has 1 N–H and O–H groups in total. The van der Waals surface area contributed by atoms with Gasteiger partial charge < -0.3 is 0 Å². The molecule has 0 atom stereocenters. The van der Waals surface area contributed by atoms with Crippen LogP contribution in [0.3, 0.4) is 0 Å². The van der Waals surface area contributed by atoms with Crippen LogP contribution < -0.4 is 4.72 Å². The van der Waals surface area contributed by atoms with Crippen molar-refractivity contribution < 1.29 is 8.42 Å². The molecule has 0 bridgehead atoms. The summed E-state index contributed by atoms with van der Waals surface area (Å²) in [6.45, 7) is 5.02. The van der Waals surface area contributed by atoms with E-state index in [9.17, 15) is 8.42 Å². The number of nitrogens with one attached hydrogen (secondary N) is 1. The molecule has 0 saturated carbocycles. The summed E-state index contributed by atoms with van der Waals surface area (Å²) < 4.78 is 25.1. The highest BCUT2D eigenvalue weighted by Gasteiger charge is 2.16. The normalized spacial score (nSPS) is 11.7. The van der Waals surface area contributed by atoms with Crippen molar-refractivity contribution in [3.8, 4) is 0 Å². The standard InChI is InChI=1S/C8H13N3O2S/c1-6(2)14(12,13)11-8-9-4-7(3)5-10-8/h4-6H,1-3H3,(H,9,10,11). The van der Waals surface area contributed by atoms with Crippen molar-refractivity contribution in [2.45, 2.75) is 26.0 Å². The lowest BCUT2D eigenvalue weighted by atomic mass is 10.4. The van der Waals surface area contributed by atoms with Crippen molar-refractivity contribution in [3.05, 3.63) is 18.0 Å². The van der Waals surface area contributed by atoms with Crippen LogP contribution in [0.25, 0.3) is 0 Å². The van der Waals surface area contributed by atoms with Crippen LogP contribution in [0.2, 0.25) is 0 Å². The second-order valence-corrected chi connectivity index (χ2v) is 5.52. The lowest BCUT2D eigenvalue weighted by Crippen LogP contribution is -2.23. The molecule has 0 radical (unpaired) electrons. The van der Waals surface area contributed by atoms with E-state index in [0.717, 1.165) is 5.56 Å². The molecule has 1 heterocycles. The summed E-state index contributed by atoms with van der Waals surface area (Å²) in [5.41, 5.74) is 0.887. The van der Waals surface area contributed by atoms with Crippen molar-refractivity contribution in [2.24, 2.45) is 0 Å². The summed E-state index contributed by atoms with van der Waals surface area (Å²) in [6, 6.07) is 0. The fourth-order valence-electron chi connectivity index (χ4n) is 0.690. The van der Waals surface area contributed by atoms with E-state index in [0.29, 0.717) is 0 Å². The zero-order chi connectivity index (χ0) is 10.8. The molecule has 1 rings (SSSR count). The summed E-state index contributed by atoms with van der Waals surface area (Å²) in [4.78, 5) is 7.69. The molecule has 1 aromatic heterocycles. The van der Waals surface area contributed by atoms with Crippen LogP contribution >= 0.6 is 0 Å². The van der Waals surface area contributed by atoms with Crippen LogP contribution in [0.4, 0.5) is 5.95 Å². The maximum absolute atomic E-state index is 11.4. The fraction of sp³-hybridized carbons (Fsp3) is 0.500. The maximum atomic E-state index is 11.4. The molecule has 0 aliphatic carbocycles. The Morgan fingerprint density at radius 1 is 1.29 bits per heavy atom.